The number of aromatic amines is 1. The molecule has 0 aliphatic rings. The maximum Gasteiger partial charge on any atom is 1.00 e. The van der Waals surface area contributed by atoms with Gasteiger partial charge in [0.2, 0.25) is 0 Å². The fourth-order valence-electron chi connectivity index (χ4n) is 0.215. The van der Waals surface area contributed by atoms with Gasteiger partial charge in [0.15, 0.2) is 0 Å². The number of nitrogens with zero attached hydrogens (tertiary/aromatic N) is 1. The summed E-state index contributed by atoms with van der Waals surface area (Å²) in [5.74, 6) is 0. The van der Waals surface area contributed by atoms with Gasteiger partial charge in [-0.25, -0.2) is 4.98 Å². The fraction of sp³-hybridized carbons (Fsp3) is 0. The molecule has 1 aromatic rings. The molecule has 1 radical (unpaired) electrons. The Balaban J connectivity index is -0.0000000833. The number of rotatable bonds is 0. The van der Waals surface area contributed by atoms with E-state index in [-0.39, 0.29) is 44.3 Å². The Bertz CT molecular complexity index is 71.8. The minimum atomic E-state index is 0. The van der Waals surface area contributed by atoms with Crippen molar-refractivity contribution in [1.82, 2.24) is 9.97 Å². The van der Waals surface area contributed by atoms with Gasteiger partial charge in [0, 0.05) is 12.4 Å². The van der Waals surface area contributed by atoms with Crippen LogP contribution in [0.4, 0.5) is 0 Å². The monoisotopic (exact) mass is 203 g/mol. The van der Waals surface area contributed by atoms with Crippen molar-refractivity contribution < 1.29 is 31.9 Å². The van der Waals surface area contributed by atoms with Crippen LogP contribution in [0.1, 0.15) is 0 Å². The molecule has 0 fully saturated rings. The van der Waals surface area contributed by atoms with Crippen molar-refractivity contribution in [3.8, 4) is 0 Å². The van der Waals surface area contributed by atoms with Gasteiger partial charge in [-0.1, -0.05) is 0 Å². The predicted octanol–water partition coefficient (Wildman–Crippen LogP) is -2.17. The third-order valence-electron chi connectivity index (χ3n) is 0.406. The molecule has 1 heterocycles. The number of H-pyrrole nitrogens is 1. The van der Waals surface area contributed by atoms with Gasteiger partial charge < -0.3 is 17.4 Å². The molecule has 0 aromatic carbocycles. The zero-order valence-corrected chi connectivity index (χ0v) is 8.71. The molecule has 1 aromatic heterocycles. The first kappa shape index (κ1) is 15.8. The summed E-state index contributed by atoms with van der Waals surface area (Å²) in [5.41, 5.74) is 0. The van der Waals surface area contributed by atoms with Crippen LogP contribution in [0.3, 0.4) is 0 Å². The second-order valence-electron chi connectivity index (χ2n) is 0.761. The molecule has 0 amide bonds. The van der Waals surface area contributed by atoms with Crippen molar-refractivity contribution >= 4 is 12.4 Å². The molecule has 0 spiro atoms. The number of hydrogen-bond acceptors (Lipinski definition) is 1. The number of imidazole rings is 1. The van der Waals surface area contributed by atoms with Crippen LogP contribution in [0, 0.1) is 0 Å². The summed E-state index contributed by atoms with van der Waals surface area (Å²) >= 11 is 0. The maximum atomic E-state index is 3.67. The number of hydrogen-bond donors (Lipinski definition) is 1. The molecule has 0 bridgehead atoms. The van der Waals surface area contributed by atoms with Gasteiger partial charge in [-0.3, -0.25) is 0 Å². The topological polar surface area (TPSA) is 28.7 Å². The Morgan fingerprint density at radius 1 is 1.38 bits per heavy atom. The number of nitrogens with one attached hydrogen (secondary N) is 1. The summed E-state index contributed by atoms with van der Waals surface area (Å²) in [6.45, 7) is 0. The molecule has 5 heteroatoms. The van der Waals surface area contributed by atoms with Gasteiger partial charge in [0.1, 0.15) is 0 Å². The zero-order chi connectivity index (χ0) is 3.54. The number of halogens is 2. The molecule has 0 aliphatic heterocycles. The average Bonchev–Trinajstić information content (AvgIpc) is 1.76. The van der Waals surface area contributed by atoms with Crippen molar-refractivity contribution in [2.24, 2.45) is 0 Å². The van der Waals surface area contributed by atoms with E-state index in [1.807, 2.05) is 0 Å². The Kier molecular flexibility index (Phi) is 20.5. The van der Waals surface area contributed by atoms with E-state index in [1.54, 1.807) is 18.7 Å². The summed E-state index contributed by atoms with van der Waals surface area (Å²) in [7, 11) is 0. The molecular formula is C3H5Cl2N2Zn. The molecular weight excluding hydrogens is 200 g/mol. The zero-order valence-electron chi connectivity index (χ0n) is 4.17. The van der Waals surface area contributed by atoms with Crippen molar-refractivity contribution in [2.45, 2.75) is 0 Å². The average molecular weight is 205 g/mol. The first-order chi connectivity index (χ1) is 2.50. The minimum absolute atomic E-state index is 0. The Labute approximate surface area is 73.0 Å². The van der Waals surface area contributed by atoms with E-state index in [9.17, 15) is 0 Å². The Hall–Kier alpha value is 0.413. The third kappa shape index (κ3) is 6.41. The molecule has 1 rings (SSSR count). The largest absolute Gasteiger partial charge is 1.00 e. The second-order valence-corrected chi connectivity index (χ2v) is 0.761. The van der Waals surface area contributed by atoms with Crippen LogP contribution in [-0.4, -0.2) is 9.97 Å². The Morgan fingerprint density at radius 2 is 2.00 bits per heavy atom. The van der Waals surface area contributed by atoms with Crippen LogP contribution in [0.2, 0.25) is 0 Å². The minimum Gasteiger partial charge on any atom is -1.00 e. The molecule has 0 saturated carbocycles. The molecule has 0 aliphatic carbocycles. The molecule has 43 valence electrons. The van der Waals surface area contributed by atoms with Gasteiger partial charge in [-0.15, -0.1) is 12.4 Å². The normalized spacial score (nSPS) is 5.00. The van der Waals surface area contributed by atoms with Crippen molar-refractivity contribution in [3.63, 3.8) is 0 Å². The molecule has 0 unspecified atom stereocenters. The summed E-state index contributed by atoms with van der Waals surface area (Å²) < 4.78 is 0. The SMILES string of the molecule is Cl.[Cl-].[Zn+].c1c[nH]cn1. The van der Waals surface area contributed by atoms with Crippen LogP contribution in [0.25, 0.3) is 0 Å². The quantitative estimate of drug-likeness (QED) is 0.480. The van der Waals surface area contributed by atoms with Crippen molar-refractivity contribution in [2.75, 3.05) is 0 Å². The first-order valence-electron chi connectivity index (χ1n) is 1.43. The van der Waals surface area contributed by atoms with E-state index in [0.717, 1.165) is 0 Å². The first-order valence-corrected chi connectivity index (χ1v) is 1.43. The smallest absolute Gasteiger partial charge is 1.00 e. The van der Waals surface area contributed by atoms with E-state index in [0.29, 0.717) is 0 Å². The molecule has 1 N–H and O–H groups in total. The summed E-state index contributed by atoms with van der Waals surface area (Å²) in [6, 6.07) is 0. The van der Waals surface area contributed by atoms with Gasteiger partial charge in [0.05, 0.1) is 6.33 Å². The third-order valence-corrected chi connectivity index (χ3v) is 0.406. The number of aromatic nitrogens is 2. The van der Waals surface area contributed by atoms with E-state index >= 15 is 0 Å². The summed E-state index contributed by atoms with van der Waals surface area (Å²) in [5, 5.41) is 0. The summed E-state index contributed by atoms with van der Waals surface area (Å²) in [4.78, 5) is 6.42. The summed E-state index contributed by atoms with van der Waals surface area (Å²) in [6.07, 6.45) is 5.08. The van der Waals surface area contributed by atoms with Gasteiger partial charge in [-0.05, 0) is 0 Å². The van der Waals surface area contributed by atoms with E-state index in [4.69, 9.17) is 0 Å². The Morgan fingerprint density at radius 3 is 2.12 bits per heavy atom. The molecule has 0 saturated heterocycles. The van der Waals surface area contributed by atoms with E-state index in [1.165, 1.54) is 0 Å². The predicted molar refractivity (Wildman–Crippen MR) is 25.8 cm³/mol. The van der Waals surface area contributed by atoms with Crippen LogP contribution < -0.4 is 12.4 Å². The van der Waals surface area contributed by atoms with Crippen LogP contribution >= 0.6 is 12.4 Å². The van der Waals surface area contributed by atoms with Crippen LogP contribution in [-0.2, 0) is 19.5 Å². The second kappa shape index (κ2) is 10.4. The van der Waals surface area contributed by atoms with E-state index in [2.05, 4.69) is 9.97 Å². The van der Waals surface area contributed by atoms with Gasteiger partial charge in [0.25, 0.3) is 0 Å². The van der Waals surface area contributed by atoms with Crippen LogP contribution in [0.15, 0.2) is 18.7 Å². The van der Waals surface area contributed by atoms with Gasteiger partial charge in [-0.2, -0.15) is 0 Å². The molecule has 2 nitrogen and oxygen atoms in total. The van der Waals surface area contributed by atoms with E-state index < -0.39 is 0 Å². The standard InChI is InChI=1S/C3H4N2.2ClH.Zn/c1-2-5-3-4-1;;;/h1-3H,(H,4,5);2*1H;/q;;;+1/p-1. The van der Waals surface area contributed by atoms with Gasteiger partial charge >= 0.3 is 19.5 Å². The van der Waals surface area contributed by atoms with Crippen LogP contribution in [0.5, 0.6) is 0 Å². The van der Waals surface area contributed by atoms with Crippen molar-refractivity contribution in [1.29, 1.82) is 0 Å². The van der Waals surface area contributed by atoms with Crippen molar-refractivity contribution in [3.05, 3.63) is 18.7 Å². The maximum absolute atomic E-state index is 3.67. The molecule has 8 heavy (non-hydrogen) atoms. The fourth-order valence-corrected chi connectivity index (χ4v) is 0.215. The molecule has 0 atom stereocenters.